The zero-order valence-electron chi connectivity index (χ0n) is 11.0. The summed E-state index contributed by atoms with van der Waals surface area (Å²) in [5.41, 5.74) is 2.86. The fraction of sp³-hybridized carbons (Fsp3) is 0. The van der Waals surface area contributed by atoms with Crippen LogP contribution in [0.1, 0.15) is 10.4 Å². The Hall–Kier alpha value is -3.01. The van der Waals surface area contributed by atoms with E-state index in [1.807, 2.05) is 42.5 Å². The summed E-state index contributed by atoms with van der Waals surface area (Å²) in [6.45, 7) is 0. The molecule has 1 N–H and O–H groups in total. The van der Waals surface area contributed by atoms with E-state index in [1.165, 1.54) is 12.5 Å². The number of hydrogen-bond donors (Lipinski definition) is 1. The standard InChI is InChI=1S/C17H11NO3/c19-17(11-7-8-20-10-11)18-12-5-6-16-14(9-12)13-3-1-2-4-15(13)21-16/h1-10H,(H,18,19). The molecule has 0 fully saturated rings. The Labute approximate surface area is 120 Å². The first-order valence-corrected chi connectivity index (χ1v) is 6.56. The molecule has 21 heavy (non-hydrogen) atoms. The van der Waals surface area contributed by atoms with Crippen molar-refractivity contribution in [3.63, 3.8) is 0 Å². The van der Waals surface area contributed by atoms with Gasteiger partial charge in [0.15, 0.2) is 0 Å². The first-order valence-electron chi connectivity index (χ1n) is 6.56. The van der Waals surface area contributed by atoms with E-state index in [0.717, 1.165) is 27.6 Å². The second kappa shape index (κ2) is 4.52. The molecular formula is C17H11NO3. The van der Waals surface area contributed by atoms with Gasteiger partial charge in [-0.25, -0.2) is 0 Å². The highest BCUT2D eigenvalue weighted by atomic mass is 16.3. The average molecular weight is 277 g/mol. The number of nitrogens with one attached hydrogen (secondary N) is 1. The van der Waals surface area contributed by atoms with Gasteiger partial charge in [-0.15, -0.1) is 0 Å². The maximum Gasteiger partial charge on any atom is 0.258 e. The summed E-state index contributed by atoms with van der Waals surface area (Å²) in [7, 11) is 0. The number of fused-ring (bicyclic) bond motifs is 3. The molecule has 0 aliphatic heterocycles. The molecular weight excluding hydrogens is 266 g/mol. The lowest BCUT2D eigenvalue weighted by Crippen LogP contribution is -2.10. The van der Waals surface area contributed by atoms with Crippen LogP contribution in [-0.2, 0) is 0 Å². The Morgan fingerprint density at radius 3 is 2.67 bits per heavy atom. The molecule has 0 aliphatic rings. The topological polar surface area (TPSA) is 55.4 Å². The molecule has 0 spiro atoms. The van der Waals surface area contributed by atoms with Crippen LogP contribution in [0.2, 0.25) is 0 Å². The lowest BCUT2D eigenvalue weighted by molar-refractivity contribution is 0.102. The fourth-order valence-corrected chi connectivity index (χ4v) is 2.40. The van der Waals surface area contributed by atoms with Gasteiger partial charge in [0.25, 0.3) is 5.91 Å². The summed E-state index contributed by atoms with van der Waals surface area (Å²) in [4.78, 5) is 12.0. The number of hydrogen-bond acceptors (Lipinski definition) is 3. The van der Waals surface area contributed by atoms with Crippen LogP contribution in [0, 0.1) is 0 Å². The Bertz CT molecular complexity index is 935. The zero-order chi connectivity index (χ0) is 14.2. The number of anilines is 1. The third-order valence-electron chi connectivity index (χ3n) is 3.42. The van der Waals surface area contributed by atoms with Crippen LogP contribution in [0.25, 0.3) is 21.9 Å². The van der Waals surface area contributed by atoms with Gasteiger partial charge >= 0.3 is 0 Å². The molecule has 2 aromatic carbocycles. The normalized spacial score (nSPS) is 11.0. The molecule has 4 nitrogen and oxygen atoms in total. The number of rotatable bonds is 2. The van der Waals surface area contributed by atoms with E-state index in [9.17, 15) is 4.79 Å². The molecule has 0 saturated carbocycles. The van der Waals surface area contributed by atoms with Gasteiger partial charge in [0.1, 0.15) is 17.4 Å². The van der Waals surface area contributed by atoms with Gasteiger partial charge in [-0.1, -0.05) is 18.2 Å². The molecule has 0 atom stereocenters. The summed E-state index contributed by atoms with van der Waals surface area (Å²) < 4.78 is 10.7. The molecule has 0 aliphatic carbocycles. The van der Waals surface area contributed by atoms with Crippen LogP contribution in [0.3, 0.4) is 0 Å². The van der Waals surface area contributed by atoms with Crippen molar-refractivity contribution in [1.82, 2.24) is 0 Å². The number of carbonyl (C=O) groups excluding carboxylic acids is 1. The van der Waals surface area contributed by atoms with Gasteiger partial charge in [0.2, 0.25) is 0 Å². The summed E-state index contributed by atoms with van der Waals surface area (Å²) in [5, 5.41) is 4.87. The molecule has 0 bridgehead atoms. The molecule has 1 amide bonds. The Kier molecular flexibility index (Phi) is 2.54. The molecule has 4 rings (SSSR count). The van der Waals surface area contributed by atoms with Crippen molar-refractivity contribution in [2.45, 2.75) is 0 Å². The van der Waals surface area contributed by atoms with Crippen molar-refractivity contribution < 1.29 is 13.6 Å². The molecule has 4 heteroatoms. The van der Waals surface area contributed by atoms with Gasteiger partial charge in [0, 0.05) is 16.5 Å². The molecule has 0 unspecified atom stereocenters. The highest BCUT2D eigenvalue weighted by Gasteiger charge is 2.10. The second-order valence-corrected chi connectivity index (χ2v) is 4.78. The van der Waals surface area contributed by atoms with Crippen molar-refractivity contribution in [1.29, 1.82) is 0 Å². The monoisotopic (exact) mass is 277 g/mol. The van der Waals surface area contributed by atoms with Crippen molar-refractivity contribution in [3.8, 4) is 0 Å². The lowest BCUT2D eigenvalue weighted by Gasteiger charge is -2.03. The molecule has 102 valence electrons. The van der Waals surface area contributed by atoms with Crippen LogP contribution >= 0.6 is 0 Å². The summed E-state index contributed by atoms with van der Waals surface area (Å²) in [5.74, 6) is -0.198. The maximum absolute atomic E-state index is 12.0. The van der Waals surface area contributed by atoms with Crippen molar-refractivity contribution in [3.05, 3.63) is 66.6 Å². The van der Waals surface area contributed by atoms with Gasteiger partial charge in [-0.3, -0.25) is 4.79 Å². The highest BCUT2D eigenvalue weighted by Crippen LogP contribution is 2.30. The molecule has 2 heterocycles. The van der Waals surface area contributed by atoms with Gasteiger partial charge < -0.3 is 14.2 Å². The Morgan fingerprint density at radius 2 is 1.81 bits per heavy atom. The number of amides is 1. The molecule has 2 aromatic heterocycles. The number of para-hydroxylation sites is 1. The minimum atomic E-state index is -0.198. The summed E-state index contributed by atoms with van der Waals surface area (Å²) in [6, 6.07) is 15.1. The van der Waals surface area contributed by atoms with Gasteiger partial charge in [0.05, 0.1) is 11.8 Å². The minimum absolute atomic E-state index is 0.198. The predicted octanol–water partition coefficient (Wildman–Crippen LogP) is 4.43. The average Bonchev–Trinajstić information content (AvgIpc) is 3.14. The molecule has 0 saturated heterocycles. The third-order valence-corrected chi connectivity index (χ3v) is 3.42. The quantitative estimate of drug-likeness (QED) is 0.589. The highest BCUT2D eigenvalue weighted by molar-refractivity contribution is 6.09. The predicted molar refractivity (Wildman–Crippen MR) is 80.4 cm³/mol. The molecule has 4 aromatic rings. The summed E-state index contributed by atoms with van der Waals surface area (Å²) >= 11 is 0. The number of benzene rings is 2. The van der Waals surface area contributed by atoms with Gasteiger partial charge in [-0.2, -0.15) is 0 Å². The first-order chi connectivity index (χ1) is 10.3. The van der Waals surface area contributed by atoms with Crippen LogP contribution < -0.4 is 5.32 Å². The maximum atomic E-state index is 12.0. The lowest BCUT2D eigenvalue weighted by atomic mass is 10.1. The second-order valence-electron chi connectivity index (χ2n) is 4.78. The van der Waals surface area contributed by atoms with Crippen molar-refractivity contribution in [2.75, 3.05) is 5.32 Å². The Balaban J connectivity index is 1.76. The minimum Gasteiger partial charge on any atom is -0.472 e. The van der Waals surface area contributed by atoms with Gasteiger partial charge in [-0.05, 0) is 30.3 Å². The van der Waals surface area contributed by atoms with Crippen LogP contribution in [0.5, 0.6) is 0 Å². The number of carbonyl (C=O) groups is 1. The van der Waals surface area contributed by atoms with E-state index >= 15 is 0 Å². The van der Waals surface area contributed by atoms with E-state index in [0.29, 0.717) is 5.56 Å². The van der Waals surface area contributed by atoms with Crippen molar-refractivity contribution in [2.24, 2.45) is 0 Å². The molecule has 0 radical (unpaired) electrons. The van der Waals surface area contributed by atoms with Crippen LogP contribution in [-0.4, -0.2) is 5.91 Å². The fourth-order valence-electron chi connectivity index (χ4n) is 2.40. The zero-order valence-corrected chi connectivity index (χ0v) is 11.0. The SMILES string of the molecule is O=C(Nc1ccc2oc3ccccc3c2c1)c1ccoc1. The van der Waals surface area contributed by atoms with Crippen molar-refractivity contribution >= 4 is 33.5 Å². The summed E-state index contributed by atoms with van der Waals surface area (Å²) in [6.07, 6.45) is 2.89. The smallest absolute Gasteiger partial charge is 0.258 e. The van der Waals surface area contributed by atoms with E-state index in [-0.39, 0.29) is 5.91 Å². The first kappa shape index (κ1) is 11.8. The van der Waals surface area contributed by atoms with E-state index in [2.05, 4.69) is 5.32 Å². The van der Waals surface area contributed by atoms with E-state index in [1.54, 1.807) is 6.07 Å². The van der Waals surface area contributed by atoms with E-state index in [4.69, 9.17) is 8.83 Å². The third kappa shape index (κ3) is 1.97. The van der Waals surface area contributed by atoms with Crippen LogP contribution in [0.15, 0.2) is 69.9 Å². The number of furan rings is 2. The Morgan fingerprint density at radius 1 is 0.952 bits per heavy atom. The van der Waals surface area contributed by atoms with E-state index < -0.39 is 0 Å². The van der Waals surface area contributed by atoms with Crippen LogP contribution in [0.4, 0.5) is 5.69 Å². The largest absolute Gasteiger partial charge is 0.472 e.